The maximum absolute atomic E-state index is 13.2. The molecule has 2 atom stereocenters. The van der Waals surface area contributed by atoms with Crippen LogP contribution in [0.15, 0.2) is 28.7 Å². The molecule has 1 aromatic heterocycles. The van der Waals surface area contributed by atoms with Crippen LogP contribution in [-0.2, 0) is 22.6 Å². The van der Waals surface area contributed by atoms with Gasteiger partial charge in [-0.2, -0.15) is 0 Å². The first-order valence-corrected chi connectivity index (χ1v) is 11.5. The second-order valence-corrected chi connectivity index (χ2v) is 9.02. The molecule has 0 radical (unpaired) electrons. The third-order valence-electron chi connectivity index (χ3n) is 7.22. The molecule has 2 unspecified atom stereocenters. The van der Waals surface area contributed by atoms with Crippen molar-refractivity contribution in [1.82, 2.24) is 15.1 Å². The molecule has 1 aromatic carbocycles. The number of para-hydroxylation sites is 1. The summed E-state index contributed by atoms with van der Waals surface area (Å²) >= 11 is 0. The van der Waals surface area contributed by atoms with Gasteiger partial charge in [-0.15, -0.1) is 0 Å². The minimum Gasteiger partial charge on any atom is -0.461 e. The van der Waals surface area contributed by atoms with E-state index in [-0.39, 0.29) is 23.9 Å². The average Bonchev–Trinajstić information content (AvgIpc) is 3.14. The number of hydrogen-bond acceptors (Lipinski definition) is 4. The Kier molecular flexibility index (Phi) is 5.27. The average molecular weight is 410 g/mol. The van der Waals surface area contributed by atoms with Gasteiger partial charge in [-0.05, 0) is 24.8 Å². The molecule has 2 saturated heterocycles. The topological polar surface area (TPSA) is 65.8 Å². The fourth-order valence-electron chi connectivity index (χ4n) is 5.58. The fourth-order valence-corrected chi connectivity index (χ4v) is 5.58. The lowest BCUT2D eigenvalue weighted by Crippen LogP contribution is -2.70. The lowest BCUT2D eigenvalue weighted by atomic mass is 9.82. The molecule has 3 aliphatic rings. The zero-order chi connectivity index (χ0) is 20.7. The van der Waals surface area contributed by atoms with Crippen molar-refractivity contribution in [2.24, 2.45) is 5.92 Å². The Labute approximate surface area is 177 Å². The molecular formula is C24H31N3O3. The number of rotatable bonds is 4. The molecule has 5 rings (SSSR count). The van der Waals surface area contributed by atoms with Crippen molar-refractivity contribution >= 4 is 22.8 Å². The number of fused-ring (bicyclic) bond motifs is 2. The van der Waals surface area contributed by atoms with Crippen LogP contribution < -0.4 is 5.32 Å². The van der Waals surface area contributed by atoms with E-state index < -0.39 is 0 Å². The van der Waals surface area contributed by atoms with Crippen molar-refractivity contribution in [3.05, 3.63) is 35.6 Å². The van der Waals surface area contributed by atoms with Crippen LogP contribution in [0.3, 0.4) is 0 Å². The zero-order valence-corrected chi connectivity index (χ0v) is 17.7. The minimum atomic E-state index is -0.380. The van der Waals surface area contributed by atoms with Crippen LogP contribution in [0.2, 0.25) is 0 Å². The molecule has 1 aliphatic carbocycles. The van der Waals surface area contributed by atoms with Crippen molar-refractivity contribution in [1.29, 1.82) is 0 Å². The van der Waals surface area contributed by atoms with Gasteiger partial charge in [0.25, 0.3) is 0 Å². The van der Waals surface area contributed by atoms with Crippen molar-refractivity contribution in [2.75, 3.05) is 19.6 Å². The highest BCUT2D eigenvalue weighted by molar-refractivity contribution is 5.97. The molecule has 3 fully saturated rings. The van der Waals surface area contributed by atoms with Crippen LogP contribution in [0.4, 0.5) is 0 Å². The molecule has 1 N–H and O–H groups in total. The van der Waals surface area contributed by atoms with E-state index >= 15 is 0 Å². The van der Waals surface area contributed by atoms with Gasteiger partial charge in [-0.1, -0.05) is 44.4 Å². The summed E-state index contributed by atoms with van der Waals surface area (Å²) in [6.45, 7) is 4.85. The van der Waals surface area contributed by atoms with Crippen LogP contribution >= 0.6 is 0 Å². The van der Waals surface area contributed by atoms with Crippen LogP contribution in [-0.4, -0.2) is 53.3 Å². The predicted octanol–water partition coefficient (Wildman–Crippen LogP) is 3.09. The van der Waals surface area contributed by atoms with Crippen LogP contribution in [0, 0.1) is 5.92 Å². The number of piperazine rings is 2. The van der Waals surface area contributed by atoms with Gasteiger partial charge >= 0.3 is 0 Å². The molecule has 2 amide bonds. The molecule has 160 valence electrons. The lowest BCUT2D eigenvalue weighted by molar-refractivity contribution is -0.155. The third kappa shape index (κ3) is 3.41. The Bertz CT molecular complexity index is 946. The molecule has 2 aliphatic heterocycles. The second kappa shape index (κ2) is 8.06. The highest BCUT2D eigenvalue weighted by atomic mass is 16.3. The largest absolute Gasteiger partial charge is 0.461 e. The maximum Gasteiger partial charge on any atom is 0.246 e. The molecule has 3 heterocycles. The van der Waals surface area contributed by atoms with Gasteiger partial charge in [0.15, 0.2) is 0 Å². The van der Waals surface area contributed by atoms with E-state index in [0.29, 0.717) is 19.0 Å². The number of furan rings is 1. The number of nitrogens with one attached hydrogen (secondary N) is 1. The maximum atomic E-state index is 13.2. The number of amides is 2. The smallest absolute Gasteiger partial charge is 0.246 e. The Morgan fingerprint density at radius 3 is 2.70 bits per heavy atom. The van der Waals surface area contributed by atoms with Crippen LogP contribution in [0.1, 0.15) is 50.4 Å². The zero-order valence-electron chi connectivity index (χ0n) is 17.7. The number of carbonyl (C=O) groups is 2. The van der Waals surface area contributed by atoms with Crippen molar-refractivity contribution < 1.29 is 14.0 Å². The molecule has 2 aromatic rings. The first-order chi connectivity index (χ1) is 14.7. The number of benzene rings is 1. The van der Waals surface area contributed by atoms with E-state index in [2.05, 4.69) is 23.2 Å². The summed E-state index contributed by atoms with van der Waals surface area (Å²) in [7, 11) is 0. The van der Waals surface area contributed by atoms with Gasteiger partial charge in [0, 0.05) is 43.5 Å². The SMILES string of the molecule is CCc1oc2ccccc2c1CN1CCN2C(=O)C(C3CCCCC3)NC(=O)C2C1. The molecule has 6 nitrogen and oxygen atoms in total. The standard InChI is InChI=1S/C24H31N3O3/c1-2-20-18(17-10-6-7-11-21(17)30-20)14-26-12-13-27-19(15-26)23(28)25-22(24(27)29)16-8-4-3-5-9-16/h6-7,10-11,16,19,22H,2-5,8-9,12-15H2,1H3,(H,25,28). The molecule has 0 spiro atoms. The van der Waals surface area contributed by atoms with Crippen molar-refractivity contribution in [2.45, 2.75) is 64.1 Å². The van der Waals surface area contributed by atoms with Crippen LogP contribution in [0.5, 0.6) is 0 Å². The normalized spacial score (nSPS) is 26.1. The molecule has 6 heteroatoms. The van der Waals surface area contributed by atoms with Gasteiger partial charge in [-0.25, -0.2) is 0 Å². The summed E-state index contributed by atoms with van der Waals surface area (Å²) in [6, 6.07) is 7.45. The first-order valence-electron chi connectivity index (χ1n) is 11.5. The van der Waals surface area contributed by atoms with E-state index in [4.69, 9.17) is 4.42 Å². The highest BCUT2D eigenvalue weighted by Gasteiger charge is 2.46. The summed E-state index contributed by atoms with van der Waals surface area (Å²) < 4.78 is 6.05. The van der Waals surface area contributed by atoms with E-state index in [1.165, 1.54) is 24.8 Å². The van der Waals surface area contributed by atoms with E-state index in [0.717, 1.165) is 49.1 Å². The molecular weight excluding hydrogens is 378 g/mol. The Balaban J connectivity index is 1.31. The van der Waals surface area contributed by atoms with Gasteiger partial charge in [0.2, 0.25) is 11.8 Å². The van der Waals surface area contributed by atoms with Gasteiger partial charge in [-0.3, -0.25) is 14.5 Å². The van der Waals surface area contributed by atoms with E-state index in [9.17, 15) is 9.59 Å². The lowest BCUT2D eigenvalue weighted by Gasteiger charge is -2.47. The fraction of sp³-hybridized carbons (Fsp3) is 0.583. The third-order valence-corrected chi connectivity index (χ3v) is 7.22. The number of nitrogens with zero attached hydrogens (tertiary/aromatic N) is 2. The minimum absolute atomic E-state index is 0.0163. The van der Waals surface area contributed by atoms with Gasteiger partial charge in [0.1, 0.15) is 23.4 Å². The summed E-state index contributed by atoms with van der Waals surface area (Å²) in [5, 5.41) is 4.24. The van der Waals surface area contributed by atoms with Crippen molar-refractivity contribution in [3.8, 4) is 0 Å². The van der Waals surface area contributed by atoms with E-state index in [1.54, 1.807) is 0 Å². The van der Waals surface area contributed by atoms with Crippen molar-refractivity contribution in [3.63, 3.8) is 0 Å². The van der Waals surface area contributed by atoms with E-state index in [1.807, 2.05) is 23.1 Å². The molecule has 30 heavy (non-hydrogen) atoms. The summed E-state index contributed by atoms with van der Waals surface area (Å²) in [4.78, 5) is 30.3. The highest BCUT2D eigenvalue weighted by Crippen LogP contribution is 2.31. The summed E-state index contributed by atoms with van der Waals surface area (Å²) in [5.41, 5.74) is 2.13. The Morgan fingerprint density at radius 1 is 1.10 bits per heavy atom. The number of carbonyl (C=O) groups excluding carboxylic acids is 2. The quantitative estimate of drug-likeness (QED) is 0.843. The van der Waals surface area contributed by atoms with Gasteiger partial charge in [0.05, 0.1) is 0 Å². The second-order valence-electron chi connectivity index (χ2n) is 9.02. The van der Waals surface area contributed by atoms with Gasteiger partial charge < -0.3 is 14.6 Å². The predicted molar refractivity (Wildman–Crippen MR) is 115 cm³/mol. The summed E-state index contributed by atoms with van der Waals surface area (Å²) in [5.74, 6) is 1.47. The summed E-state index contributed by atoms with van der Waals surface area (Å²) in [6.07, 6.45) is 6.52. The monoisotopic (exact) mass is 409 g/mol. The van der Waals surface area contributed by atoms with Crippen LogP contribution in [0.25, 0.3) is 11.0 Å². The molecule has 0 bridgehead atoms. The Hall–Kier alpha value is -2.34. The Morgan fingerprint density at radius 2 is 1.90 bits per heavy atom. The first kappa shape index (κ1) is 19.6. The number of hydrogen-bond donors (Lipinski definition) is 1. The number of aryl methyl sites for hydroxylation is 1. The molecule has 1 saturated carbocycles.